The maximum absolute atomic E-state index is 13.7. The predicted molar refractivity (Wildman–Crippen MR) is 117 cm³/mol. The first-order chi connectivity index (χ1) is 13.4. The Morgan fingerprint density at radius 1 is 1.07 bits per heavy atom. The minimum atomic E-state index is -0.422. The number of hydrogen-bond donors (Lipinski definition) is 0. The summed E-state index contributed by atoms with van der Waals surface area (Å²) in [6, 6.07) is 12.5. The molecular formula is C22H22ClFN2O2S. The summed E-state index contributed by atoms with van der Waals surface area (Å²) in [6.45, 7) is 4.11. The fourth-order valence-corrected chi connectivity index (χ4v) is 4.19. The largest absolute Gasteiger partial charge is 0.497 e. The van der Waals surface area contributed by atoms with Gasteiger partial charge < -0.3 is 9.47 Å². The summed E-state index contributed by atoms with van der Waals surface area (Å²) in [6.07, 6.45) is 2.02. The lowest BCUT2D eigenvalue weighted by Gasteiger charge is -2.23. The van der Waals surface area contributed by atoms with E-state index in [0.717, 1.165) is 39.0 Å². The van der Waals surface area contributed by atoms with E-state index in [-0.39, 0.29) is 18.2 Å². The highest BCUT2D eigenvalue weighted by Crippen LogP contribution is 2.38. The Morgan fingerprint density at radius 3 is 2.55 bits per heavy atom. The van der Waals surface area contributed by atoms with Gasteiger partial charge >= 0.3 is 0 Å². The number of nitrogens with zero attached hydrogens (tertiary/aromatic N) is 2. The van der Waals surface area contributed by atoms with Crippen LogP contribution in [-0.2, 0) is 5.41 Å². The molecule has 4 nitrogen and oxygen atoms in total. The number of thiazole rings is 1. The van der Waals surface area contributed by atoms with Crippen LogP contribution in [0.1, 0.15) is 25.1 Å². The summed E-state index contributed by atoms with van der Waals surface area (Å²) in [5.74, 6) is 1.24. The molecule has 0 atom stereocenters. The second-order valence-electron chi connectivity index (χ2n) is 7.10. The van der Waals surface area contributed by atoms with Crippen molar-refractivity contribution in [1.82, 2.24) is 9.38 Å². The smallest absolute Gasteiger partial charge is 0.194 e. The molecule has 4 rings (SSSR count). The Balaban J connectivity index is 0.00000240. The van der Waals surface area contributed by atoms with E-state index in [1.165, 1.54) is 6.07 Å². The molecule has 0 aliphatic carbocycles. The number of methoxy groups -OCH3 is 2. The third-order valence-corrected chi connectivity index (χ3v) is 5.92. The number of fused-ring (bicyclic) bond motifs is 1. The molecule has 2 aromatic carbocycles. The molecule has 0 saturated carbocycles. The average molecular weight is 433 g/mol. The molecule has 152 valence electrons. The van der Waals surface area contributed by atoms with Crippen molar-refractivity contribution in [3.8, 4) is 22.8 Å². The van der Waals surface area contributed by atoms with E-state index in [9.17, 15) is 4.39 Å². The molecule has 4 aromatic rings. The molecule has 0 aliphatic rings. The Kier molecular flexibility index (Phi) is 5.87. The average Bonchev–Trinajstić information content (AvgIpc) is 3.29. The molecule has 7 heteroatoms. The first-order valence-electron chi connectivity index (χ1n) is 8.89. The third-order valence-electron chi connectivity index (χ3n) is 5.08. The third kappa shape index (κ3) is 3.70. The van der Waals surface area contributed by atoms with Gasteiger partial charge in [0.1, 0.15) is 17.3 Å². The quantitative estimate of drug-likeness (QED) is 0.390. The van der Waals surface area contributed by atoms with Crippen molar-refractivity contribution < 1.29 is 13.9 Å². The zero-order valence-corrected chi connectivity index (χ0v) is 18.2. The van der Waals surface area contributed by atoms with Gasteiger partial charge in [-0.2, -0.15) is 0 Å². The summed E-state index contributed by atoms with van der Waals surface area (Å²) in [5, 5.41) is 2.06. The molecule has 0 aliphatic heterocycles. The van der Waals surface area contributed by atoms with Crippen molar-refractivity contribution in [3.05, 3.63) is 71.1 Å². The fourth-order valence-electron chi connectivity index (χ4n) is 3.31. The van der Waals surface area contributed by atoms with Gasteiger partial charge in [0.25, 0.3) is 0 Å². The van der Waals surface area contributed by atoms with Crippen LogP contribution < -0.4 is 9.47 Å². The van der Waals surface area contributed by atoms with Crippen LogP contribution in [0.3, 0.4) is 0 Å². The van der Waals surface area contributed by atoms with Gasteiger partial charge in [0.05, 0.1) is 25.6 Å². The Bertz CT molecular complexity index is 1150. The SMILES string of the molecule is COc1ccc(-c2csc3nc(C(C)(C)c4cccc(F)c4)cn23)c(OC)c1.Cl. The monoisotopic (exact) mass is 432 g/mol. The predicted octanol–water partition coefficient (Wildman–Crippen LogP) is 5.97. The van der Waals surface area contributed by atoms with Gasteiger partial charge in [-0.1, -0.05) is 26.0 Å². The first kappa shape index (κ1) is 21.1. The summed E-state index contributed by atoms with van der Waals surface area (Å²) >= 11 is 1.56. The number of ether oxygens (including phenoxy) is 2. The topological polar surface area (TPSA) is 35.8 Å². The van der Waals surface area contributed by atoms with Crippen molar-refractivity contribution in [2.45, 2.75) is 19.3 Å². The van der Waals surface area contributed by atoms with Crippen molar-refractivity contribution in [2.24, 2.45) is 0 Å². The molecule has 0 unspecified atom stereocenters. The molecule has 0 spiro atoms. The maximum atomic E-state index is 13.7. The van der Waals surface area contributed by atoms with Crippen LogP contribution >= 0.6 is 23.7 Å². The van der Waals surface area contributed by atoms with Crippen LogP contribution in [0.25, 0.3) is 16.2 Å². The van der Waals surface area contributed by atoms with Crippen molar-refractivity contribution in [2.75, 3.05) is 14.2 Å². The van der Waals surface area contributed by atoms with Crippen LogP contribution in [0.4, 0.5) is 4.39 Å². The van der Waals surface area contributed by atoms with E-state index < -0.39 is 5.41 Å². The maximum Gasteiger partial charge on any atom is 0.194 e. The van der Waals surface area contributed by atoms with Crippen LogP contribution in [0.5, 0.6) is 11.5 Å². The van der Waals surface area contributed by atoms with Gasteiger partial charge in [-0.05, 0) is 29.8 Å². The van der Waals surface area contributed by atoms with Gasteiger partial charge in [0.15, 0.2) is 4.96 Å². The zero-order chi connectivity index (χ0) is 19.9. The minimum absolute atomic E-state index is 0. The molecular weight excluding hydrogens is 411 g/mol. The molecule has 0 bridgehead atoms. The molecule has 2 aromatic heterocycles. The number of aromatic nitrogens is 2. The van der Waals surface area contributed by atoms with Gasteiger partial charge in [-0.3, -0.25) is 4.40 Å². The number of rotatable bonds is 5. The Morgan fingerprint density at radius 2 is 1.86 bits per heavy atom. The number of imidazole rings is 1. The second-order valence-corrected chi connectivity index (χ2v) is 7.94. The zero-order valence-electron chi connectivity index (χ0n) is 16.6. The molecule has 29 heavy (non-hydrogen) atoms. The minimum Gasteiger partial charge on any atom is -0.497 e. The highest BCUT2D eigenvalue weighted by molar-refractivity contribution is 7.15. The van der Waals surface area contributed by atoms with E-state index >= 15 is 0 Å². The van der Waals surface area contributed by atoms with Crippen molar-refractivity contribution in [1.29, 1.82) is 0 Å². The highest BCUT2D eigenvalue weighted by atomic mass is 35.5. The second kappa shape index (κ2) is 8.05. The Labute approximate surface area is 179 Å². The number of hydrogen-bond acceptors (Lipinski definition) is 4. The summed E-state index contributed by atoms with van der Waals surface area (Å²) < 4.78 is 26.7. The van der Waals surface area contributed by atoms with E-state index in [1.807, 2.05) is 30.5 Å². The number of halogens is 2. The summed E-state index contributed by atoms with van der Waals surface area (Å²) in [4.78, 5) is 5.70. The van der Waals surface area contributed by atoms with E-state index in [2.05, 4.69) is 23.6 Å². The van der Waals surface area contributed by atoms with Gasteiger partial charge in [0.2, 0.25) is 0 Å². The first-order valence-corrected chi connectivity index (χ1v) is 9.77. The highest BCUT2D eigenvalue weighted by Gasteiger charge is 2.28. The van der Waals surface area contributed by atoms with Crippen LogP contribution in [-0.4, -0.2) is 23.6 Å². The van der Waals surface area contributed by atoms with E-state index in [4.69, 9.17) is 14.5 Å². The van der Waals surface area contributed by atoms with Gasteiger partial charge in [-0.15, -0.1) is 23.7 Å². The molecule has 0 fully saturated rings. The van der Waals surface area contributed by atoms with Crippen LogP contribution in [0, 0.1) is 5.82 Å². The Hall–Kier alpha value is -2.57. The molecule has 0 N–H and O–H groups in total. The van der Waals surface area contributed by atoms with E-state index in [0.29, 0.717) is 0 Å². The lowest BCUT2D eigenvalue weighted by molar-refractivity contribution is 0.395. The summed E-state index contributed by atoms with van der Waals surface area (Å²) in [7, 11) is 3.28. The van der Waals surface area contributed by atoms with E-state index in [1.54, 1.807) is 37.7 Å². The van der Waals surface area contributed by atoms with Crippen molar-refractivity contribution >= 4 is 28.7 Å². The van der Waals surface area contributed by atoms with Crippen LogP contribution in [0.2, 0.25) is 0 Å². The molecule has 2 heterocycles. The molecule has 0 saturated heterocycles. The lowest BCUT2D eigenvalue weighted by atomic mass is 9.82. The normalized spacial score (nSPS) is 11.3. The van der Waals surface area contributed by atoms with Gasteiger partial charge in [-0.25, -0.2) is 9.37 Å². The van der Waals surface area contributed by atoms with Gasteiger partial charge in [0, 0.05) is 28.6 Å². The van der Waals surface area contributed by atoms with Crippen molar-refractivity contribution in [3.63, 3.8) is 0 Å². The lowest BCUT2D eigenvalue weighted by Crippen LogP contribution is -2.19. The van der Waals surface area contributed by atoms with Crippen LogP contribution in [0.15, 0.2) is 54.0 Å². The summed E-state index contributed by atoms with van der Waals surface area (Å²) in [5.41, 5.74) is 3.31. The molecule has 0 radical (unpaired) electrons. The fraction of sp³-hybridized carbons (Fsp3) is 0.227. The molecule has 0 amide bonds. The standard InChI is InChI=1S/C22H21FN2O2S.ClH/c1-22(2,14-6-5-7-15(23)10-14)20-12-25-18(13-28-21(25)24-20)17-9-8-16(26-3)11-19(17)27-4;/h5-13H,1-4H3;1H. The number of benzene rings is 2.